The Morgan fingerprint density at radius 3 is 2.34 bits per heavy atom. The molecule has 1 fully saturated rings. The molecule has 12 heteroatoms. The Balaban J connectivity index is 1.36. The maximum atomic E-state index is 13.3. The third kappa shape index (κ3) is 5.66. The first-order chi connectivity index (χ1) is 16.7. The van der Waals surface area contributed by atoms with Crippen molar-refractivity contribution in [1.29, 1.82) is 0 Å². The van der Waals surface area contributed by atoms with Gasteiger partial charge in [0.15, 0.2) is 0 Å². The minimum atomic E-state index is -4.67. The Bertz CT molecular complexity index is 1220. The van der Waals surface area contributed by atoms with E-state index in [0.29, 0.717) is 24.0 Å². The molecular weight excluding hydrogens is 467 g/mol. The smallest absolute Gasteiger partial charge is 0.420 e. The summed E-state index contributed by atoms with van der Waals surface area (Å²) in [6, 6.07) is 10.8. The summed E-state index contributed by atoms with van der Waals surface area (Å²) in [5, 5.41) is 12.8. The van der Waals surface area contributed by atoms with Crippen molar-refractivity contribution in [2.45, 2.75) is 31.1 Å². The van der Waals surface area contributed by atoms with E-state index >= 15 is 0 Å². The topological polar surface area (TPSA) is 128 Å². The summed E-state index contributed by atoms with van der Waals surface area (Å²) in [6.07, 6.45) is -0.965. The van der Waals surface area contributed by atoms with Gasteiger partial charge in [0.05, 0.1) is 18.0 Å². The van der Waals surface area contributed by atoms with E-state index < -0.39 is 28.9 Å². The lowest BCUT2D eigenvalue weighted by Gasteiger charge is -2.17. The molecule has 0 unspecified atom stereocenters. The highest BCUT2D eigenvalue weighted by Crippen LogP contribution is 2.40. The molecule has 3 aromatic rings. The van der Waals surface area contributed by atoms with E-state index in [1.807, 2.05) is 0 Å². The van der Waals surface area contributed by atoms with Crippen molar-refractivity contribution in [3.63, 3.8) is 0 Å². The second-order valence-corrected chi connectivity index (χ2v) is 7.87. The molecule has 35 heavy (non-hydrogen) atoms. The summed E-state index contributed by atoms with van der Waals surface area (Å²) in [4.78, 5) is 29.4. The van der Waals surface area contributed by atoms with Gasteiger partial charge < -0.3 is 20.2 Å². The third-order valence-electron chi connectivity index (χ3n) is 5.38. The number of aromatic nitrogens is 2. The molecule has 0 aliphatic heterocycles. The number of hydrogen-bond acceptors (Lipinski definition) is 7. The number of ether oxygens (including phenoxy) is 1. The van der Waals surface area contributed by atoms with Crippen LogP contribution in [0.5, 0.6) is 17.2 Å². The molecule has 4 N–H and O–H groups in total. The average Bonchev–Trinajstić information content (AvgIpc) is 3.64. The minimum Gasteiger partial charge on any atom is -0.457 e. The van der Waals surface area contributed by atoms with Crippen molar-refractivity contribution in [3.05, 3.63) is 77.6 Å². The molecule has 2 amide bonds. The number of amides is 2. The maximum absolute atomic E-state index is 13.3. The number of carbonyl (C=O) groups excluding carboxylic acids is 2. The molecule has 2 aromatic carbocycles. The predicted octanol–water partition coefficient (Wildman–Crippen LogP) is 3.12. The van der Waals surface area contributed by atoms with Gasteiger partial charge in [-0.25, -0.2) is 0 Å². The van der Waals surface area contributed by atoms with Crippen LogP contribution >= 0.6 is 0 Å². The molecule has 0 bridgehead atoms. The molecule has 1 heterocycles. The molecule has 4 rings (SSSR count). The molecule has 0 radical (unpaired) electrons. The summed E-state index contributed by atoms with van der Waals surface area (Å²) in [5.41, 5.74) is -1.02. The van der Waals surface area contributed by atoms with E-state index in [4.69, 9.17) is 10.6 Å². The number of benzene rings is 2. The second-order valence-electron chi connectivity index (χ2n) is 7.87. The second kappa shape index (κ2) is 9.58. The standard InChI is InChI=1S/C23H20F3N5O4/c24-23(25,26)18-11-17(35-27)5-6-19(18)34-16-3-1-14(2-4-16)12-28-21(33)22(8-9-22)31-20(32)15-7-10-29-30-13-15/h1-7,10-11,13H,8-9,12,27H2,(H,28,33)(H,31,32). The largest absolute Gasteiger partial charge is 0.457 e. The lowest BCUT2D eigenvalue weighted by molar-refractivity contribution is -0.138. The molecule has 0 saturated heterocycles. The monoisotopic (exact) mass is 487 g/mol. The maximum Gasteiger partial charge on any atom is 0.420 e. The van der Waals surface area contributed by atoms with Crippen LogP contribution in [0.1, 0.15) is 34.3 Å². The highest BCUT2D eigenvalue weighted by molar-refractivity contribution is 6.00. The molecule has 1 aliphatic carbocycles. The third-order valence-corrected chi connectivity index (χ3v) is 5.38. The zero-order chi connectivity index (χ0) is 25.1. The Labute approximate surface area is 197 Å². The van der Waals surface area contributed by atoms with Gasteiger partial charge >= 0.3 is 6.18 Å². The van der Waals surface area contributed by atoms with Gasteiger partial charge in [0.2, 0.25) is 5.91 Å². The van der Waals surface area contributed by atoms with Gasteiger partial charge in [0.25, 0.3) is 5.91 Å². The lowest BCUT2D eigenvalue weighted by atomic mass is 10.1. The van der Waals surface area contributed by atoms with Crippen molar-refractivity contribution in [1.82, 2.24) is 20.8 Å². The summed E-state index contributed by atoms with van der Waals surface area (Å²) in [7, 11) is 0. The first-order valence-corrected chi connectivity index (χ1v) is 10.4. The number of hydrogen-bond donors (Lipinski definition) is 3. The molecule has 0 atom stereocenters. The molecule has 182 valence electrons. The Kier molecular flexibility index (Phi) is 6.56. The number of alkyl halides is 3. The van der Waals surface area contributed by atoms with Gasteiger partial charge in [-0.05, 0) is 54.8 Å². The van der Waals surface area contributed by atoms with Crippen molar-refractivity contribution in [3.8, 4) is 17.2 Å². The summed E-state index contributed by atoms with van der Waals surface area (Å²) in [5.74, 6) is 3.81. The normalized spacial score (nSPS) is 14.1. The minimum absolute atomic E-state index is 0.155. The number of nitrogens with one attached hydrogen (secondary N) is 2. The van der Waals surface area contributed by atoms with E-state index in [1.54, 1.807) is 12.1 Å². The highest BCUT2D eigenvalue weighted by Gasteiger charge is 2.51. The van der Waals surface area contributed by atoms with Gasteiger partial charge in [0, 0.05) is 6.54 Å². The molecule has 1 aromatic heterocycles. The van der Waals surface area contributed by atoms with Crippen molar-refractivity contribution >= 4 is 11.8 Å². The first-order valence-electron chi connectivity index (χ1n) is 10.4. The van der Waals surface area contributed by atoms with Crippen LogP contribution in [0, 0.1) is 0 Å². The Morgan fingerprint density at radius 1 is 1.03 bits per heavy atom. The zero-order valence-corrected chi connectivity index (χ0v) is 18.1. The lowest BCUT2D eigenvalue weighted by Crippen LogP contribution is -2.48. The van der Waals surface area contributed by atoms with Crippen LogP contribution in [0.25, 0.3) is 0 Å². The van der Waals surface area contributed by atoms with Crippen LogP contribution in [-0.4, -0.2) is 27.6 Å². The van der Waals surface area contributed by atoms with Crippen molar-refractivity contribution in [2.75, 3.05) is 0 Å². The van der Waals surface area contributed by atoms with Gasteiger partial charge in [0.1, 0.15) is 28.4 Å². The fraction of sp³-hybridized carbons (Fsp3) is 0.217. The van der Waals surface area contributed by atoms with E-state index in [-0.39, 0.29) is 24.0 Å². The van der Waals surface area contributed by atoms with Crippen LogP contribution in [0.2, 0.25) is 0 Å². The Hall–Kier alpha value is -4.19. The van der Waals surface area contributed by atoms with E-state index in [1.165, 1.54) is 36.7 Å². The SMILES string of the molecule is NOc1ccc(Oc2ccc(CNC(=O)C3(NC(=O)c4ccnnc4)CC3)cc2)c(C(F)(F)F)c1. The molecule has 0 spiro atoms. The van der Waals surface area contributed by atoms with Crippen LogP contribution in [0.3, 0.4) is 0 Å². The predicted molar refractivity (Wildman–Crippen MR) is 116 cm³/mol. The number of rotatable bonds is 8. The summed E-state index contributed by atoms with van der Waals surface area (Å²) < 4.78 is 45.4. The Morgan fingerprint density at radius 2 is 1.74 bits per heavy atom. The molecule has 1 saturated carbocycles. The molecular formula is C23H20F3N5O4. The number of halogens is 3. The van der Waals surface area contributed by atoms with Crippen molar-refractivity contribution < 1.29 is 32.3 Å². The number of nitrogens with two attached hydrogens (primary N) is 1. The fourth-order valence-corrected chi connectivity index (χ4v) is 3.30. The molecule has 9 nitrogen and oxygen atoms in total. The van der Waals surface area contributed by atoms with Gasteiger partial charge in [-0.1, -0.05) is 12.1 Å². The summed E-state index contributed by atoms with van der Waals surface area (Å²) in [6.45, 7) is 0.157. The van der Waals surface area contributed by atoms with Crippen LogP contribution in [0.15, 0.2) is 60.9 Å². The molecule has 1 aliphatic rings. The van der Waals surface area contributed by atoms with Crippen LogP contribution in [0.4, 0.5) is 13.2 Å². The van der Waals surface area contributed by atoms with E-state index in [0.717, 1.165) is 12.1 Å². The van der Waals surface area contributed by atoms with Gasteiger partial charge in [-0.3, -0.25) is 9.59 Å². The number of nitrogens with zero attached hydrogens (tertiary/aromatic N) is 2. The highest BCUT2D eigenvalue weighted by atomic mass is 19.4. The van der Waals surface area contributed by atoms with E-state index in [9.17, 15) is 22.8 Å². The van der Waals surface area contributed by atoms with Gasteiger partial charge in [-0.15, -0.1) is 0 Å². The first kappa shape index (κ1) is 24.0. The van der Waals surface area contributed by atoms with Crippen LogP contribution in [-0.2, 0) is 17.5 Å². The number of carbonyl (C=O) groups is 2. The zero-order valence-electron chi connectivity index (χ0n) is 18.1. The quantitative estimate of drug-likeness (QED) is 0.417. The fourth-order valence-electron chi connectivity index (χ4n) is 3.30. The van der Waals surface area contributed by atoms with E-state index in [2.05, 4.69) is 25.7 Å². The van der Waals surface area contributed by atoms with Gasteiger partial charge in [-0.2, -0.15) is 29.3 Å². The average molecular weight is 487 g/mol. The van der Waals surface area contributed by atoms with Crippen LogP contribution < -0.4 is 26.1 Å². The van der Waals surface area contributed by atoms with Crippen molar-refractivity contribution in [2.24, 2.45) is 5.90 Å². The summed E-state index contributed by atoms with van der Waals surface area (Å²) >= 11 is 0.